The molecular formula is C20H22ClN3O6S. The maximum absolute atomic E-state index is 12.5. The van der Waals surface area contributed by atoms with Crippen molar-refractivity contribution < 1.29 is 27.5 Å². The van der Waals surface area contributed by atoms with E-state index < -0.39 is 28.4 Å². The number of hydrogen-bond acceptors (Lipinski definition) is 6. The average Bonchev–Trinajstić information content (AvgIpc) is 2.71. The van der Waals surface area contributed by atoms with Gasteiger partial charge >= 0.3 is 5.97 Å². The lowest BCUT2D eigenvalue weighted by atomic mass is 10.2. The van der Waals surface area contributed by atoms with Crippen LogP contribution in [0.2, 0.25) is 5.02 Å². The Morgan fingerprint density at radius 3 is 2.19 bits per heavy atom. The topological polar surface area (TPSA) is 113 Å². The Hall–Kier alpha value is -3.11. The Kier molecular flexibility index (Phi) is 7.64. The number of amides is 2. The van der Waals surface area contributed by atoms with Gasteiger partial charge in [0.25, 0.3) is 5.91 Å². The number of nitrogens with one attached hydrogen (secondary N) is 1. The molecule has 0 aliphatic rings. The van der Waals surface area contributed by atoms with Gasteiger partial charge in [0, 0.05) is 25.3 Å². The molecule has 2 aromatic carbocycles. The van der Waals surface area contributed by atoms with Gasteiger partial charge in [0.15, 0.2) is 0 Å². The number of hydrogen-bond donors (Lipinski definition) is 1. The molecule has 0 fully saturated rings. The molecular weight excluding hydrogens is 446 g/mol. The summed E-state index contributed by atoms with van der Waals surface area (Å²) >= 11 is 5.96. The first-order valence-electron chi connectivity index (χ1n) is 8.91. The summed E-state index contributed by atoms with van der Waals surface area (Å²) in [6, 6.07) is 10.1. The third kappa shape index (κ3) is 6.19. The Labute approximate surface area is 185 Å². The molecule has 0 aliphatic heterocycles. The monoisotopic (exact) mass is 467 g/mol. The van der Waals surface area contributed by atoms with Gasteiger partial charge in [-0.2, -0.15) is 0 Å². The molecule has 0 bridgehead atoms. The van der Waals surface area contributed by atoms with E-state index in [0.717, 1.165) is 10.6 Å². The van der Waals surface area contributed by atoms with Gasteiger partial charge in [0.05, 0.1) is 29.6 Å². The molecule has 31 heavy (non-hydrogen) atoms. The minimum Gasteiger partial charge on any atom is -0.465 e. The van der Waals surface area contributed by atoms with Gasteiger partial charge in [0.2, 0.25) is 15.9 Å². The van der Waals surface area contributed by atoms with Gasteiger partial charge in [-0.1, -0.05) is 11.6 Å². The molecule has 0 unspecified atom stereocenters. The minimum atomic E-state index is -3.81. The van der Waals surface area contributed by atoms with Crippen LogP contribution in [0.3, 0.4) is 0 Å². The molecule has 0 aliphatic carbocycles. The van der Waals surface area contributed by atoms with Crippen molar-refractivity contribution in [2.75, 3.05) is 43.6 Å². The third-order valence-electron chi connectivity index (χ3n) is 4.15. The van der Waals surface area contributed by atoms with Crippen molar-refractivity contribution in [2.45, 2.75) is 0 Å². The molecule has 2 aromatic rings. The number of sulfonamides is 1. The van der Waals surface area contributed by atoms with Crippen LogP contribution in [0, 0.1) is 0 Å². The number of benzene rings is 2. The predicted octanol–water partition coefficient (Wildman–Crippen LogP) is 2.23. The normalized spacial score (nSPS) is 10.9. The summed E-state index contributed by atoms with van der Waals surface area (Å²) in [5.74, 6) is -1.55. The largest absolute Gasteiger partial charge is 0.465 e. The molecule has 0 spiro atoms. The fourth-order valence-electron chi connectivity index (χ4n) is 2.63. The van der Waals surface area contributed by atoms with Crippen LogP contribution >= 0.6 is 11.6 Å². The third-order valence-corrected chi connectivity index (χ3v) is 5.62. The molecule has 0 atom stereocenters. The number of anilines is 2. The summed E-state index contributed by atoms with van der Waals surface area (Å²) < 4.78 is 30.1. The predicted molar refractivity (Wildman–Crippen MR) is 118 cm³/mol. The molecule has 166 valence electrons. The zero-order chi connectivity index (χ0) is 23.3. The molecule has 0 radical (unpaired) electrons. The summed E-state index contributed by atoms with van der Waals surface area (Å²) in [5.41, 5.74) is 0.903. The van der Waals surface area contributed by atoms with E-state index in [4.69, 9.17) is 11.6 Å². The highest BCUT2D eigenvalue weighted by Gasteiger charge is 2.22. The van der Waals surface area contributed by atoms with Crippen molar-refractivity contribution in [3.8, 4) is 0 Å². The van der Waals surface area contributed by atoms with E-state index in [2.05, 4.69) is 10.1 Å². The van der Waals surface area contributed by atoms with Crippen LogP contribution in [-0.4, -0.2) is 65.1 Å². The van der Waals surface area contributed by atoms with E-state index >= 15 is 0 Å². The Balaban J connectivity index is 2.23. The van der Waals surface area contributed by atoms with Gasteiger partial charge in [-0.05, 0) is 42.5 Å². The first-order chi connectivity index (χ1) is 14.4. The van der Waals surface area contributed by atoms with Crippen LogP contribution in [0.4, 0.5) is 11.4 Å². The van der Waals surface area contributed by atoms with Crippen molar-refractivity contribution in [1.82, 2.24) is 4.90 Å². The molecule has 2 amide bonds. The number of carbonyl (C=O) groups is 3. The Morgan fingerprint density at radius 2 is 1.68 bits per heavy atom. The summed E-state index contributed by atoms with van der Waals surface area (Å²) in [5, 5.41) is 2.68. The summed E-state index contributed by atoms with van der Waals surface area (Å²) in [6.07, 6.45) is 0.969. The maximum atomic E-state index is 12.5. The highest BCUT2D eigenvalue weighted by molar-refractivity contribution is 7.92. The lowest BCUT2D eigenvalue weighted by molar-refractivity contribution is -0.114. The van der Waals surface area contributed by atoms with E-state index in [1.165, 1.54) is 54.5 Å². The van der Waals surface area contributed by atoms with Gasteiger partial charge in [-0.15, -0.1) is 0 Å². The quantitative estimate of drug-likeness (QED) is 0.625. The van der Waals surface area contributed by atoms with Crippen molar-refractivity contribution >= 4 is 50.8 Å². The Bertz CT molecular complexity index is 1100. The zero-order valence-corrected chi connectivity index (χ0v) is 19.0. The number of halogens is 1. The summed E-state index contributed by atoms with van der Waals surface area (Å²) in [6.45, 7) is -0.518. The molecule has 0 saturated carbocycles. The van der Waals surface area contributed by atoms with Gasteiger partial charge in [-0.3, -0.25) is 13.9 Å². The first kappa shape index (κ1) is 24.2. The smallest absolute Gasteiger partial charge is 0.339 e. The van der Waals surface area contributed by atoms with Crippen molar-refractivity contribution in [3.05, 3.63) is 58.6 Å². The standard InChI is InChI=1S/C20H22ClN3O6S/c1-23(2)19(26)13-5-8-15(9-6-13)24(31(4,28)29)12-18(25)22-14-7-10-17(21)16(11-14)20(27)30-3/h5-11H,12H2,1-4H3,(H,22,25). The first-order valence-corrected chi connectivity index (χ1v) is 11.1. The number of methoxy groups -OCH3 is 1. The highest BCUT2D eigenvalue weighted by atomic mass is 35.5. The minimum absolute atomic E-state index is 0.0584. The van der Waals surface area contributed by atoms with Gasteiger partial charge in [-0.25, -0.2) is 13.2 Å². The molecule has 2 rings (SSSR count). The van der Waals surface area contributed by atoms with Crippen LogP contribution < -0.4 is 9.62 Å². The van der Waals surface area contributed by atoms with Crippen molar-refractivity contribution in [3.63, 3.8) is 0 Å². The lowest BCUT2D eigenvalue weighted by Gasteiger charge is -2.22. The number of carbonyl (C=O) groups excluding carboxylic acids is 3. The van der Waals surface area contributed by atoms with E-state index in [1.54, 1.807) is 14.1 Å². The highest BCUT2D eigenvalue weighted by Crippen LogP contribution is 2.22. The van der Waals surface area contributed by atoms with E-state index in [0.29, 0.717) is 5.56 Å². The van der Waals surface area contributed by atoms with Crippen LogP contribution in [-0.2, 0) is 19.6 Å². The van der Waals surface area contributed by atoms with E-state index in [1.807, 2.05) is 0 Å². The van der Waals surface area contributed by atoms with Gasteiger partial charge in [0.1, 0.15) is 6.54 Å². The summed E-state index contributed by atoms with van der Waals surface area (Å²) in [7, 11) is 0.600. The number of esters is 1. The molecule has 1 N–H and O–H groups in total. The number of ether oxygens (including phenoxy) is 1. The van der Waals surface area contributed by atoms with Crippen LogP contribution in [0.25, 0.3) is 0 Å². The fraction of sp³-hybridized carbons (Fsp3) is 0.250. The molecule has 0 aromatic heterocycles. The number of nitrogens with zero attached hydrogens (tertiary/aromatic N) is 2. The number of rotatable bonds is 7. The van der Waals surface area contributed by atoms with E-state index in [-0.39, 0.29) is 27.9 Å². The molecule has 0 saturated heterocycles. The molecule has 9 nitrogen and oxygen atoms in total. The second-order valence-corrected chi connectivity index (χ2v) is 9.06. The SMILES string of the molecule is COC(=O)c1cc(NC(=O)CN(c2ccc(C(=O)N(C)C)cc2)S(C)(=O)=O)ccc1Cl. The van der Waals surface area contributed by atoms with Gasteiger partial charge < -0.3 is 15.0 Å². The fourth-order valence-corrected chi connectivity index (χ4v) is 3.68. The second kappa shape index (κ2) is 9.80. The maximum Gasteiger partial charge on any atom is 0.339 e. The van der Waals surface area contributed by atoms with Crippen molar-refractivity contribution in [2.24, 2.45) is 0 Å². The van der Waals surface area contributed by atoms with Crippen LogP contribution in [0.1, 0.15) is 20.7 Å². The Morgan fingerprint density at radius 1 is 1.06 bits per heavy atom. The molecule has 11 heteroatoms. The van der Waals surface area contributed by atoms with Crippen molar-refractivity contribution in [1.29, 1.82) is 0 Å². The van der Waals surface area contributed by atoms with Crippen LogP contribution in [0.5, 0.6) is 0 Å². The molecule has 0 heterocycles. The lowest BCUT2D eigenvalue weighted by Crippen LogP contribution is -2.37. The zero-order valence-electron chi connectivity index (χ0n) is 17.4. The van der Waals surface area contributed by atoms with Crippen LogP contribution in [0.15, 0.2) is 42.5 Å². The second-order valence-electron chi connectivity index (χ2n) is 6.75. The summed E-state index contributed by atoms with van der Waals surface area (Å²) in [4.78, 5) is 37.7. The average molecular weight is 468 g/mol. The van der Waals surface area contributed by atoms with E-state index in [9.17, 15) is 22.8 Å².